The lowest BCUT2D eigenvalue weighted by Gasteiger charge is -2.63. The van der Waals surface area contributed by atoms with Crippen molar-refractivity contribution in [1.82, 2.24) is 20.1 Å². The van der Waals surface area contributed by atoms with Crippen LogP contribution in [0, 0.1) is 17.3 Å². The molecule has 1 spiro atoms. The van der Waals surface area contributed by atoms with Crippen molar-refractivity contribution in [2.45, 2.75) is 157 Å². The maximum atomic E-state index is 15.5. The van der Waals surface area contributed by atoms with E-state index < -0.39 is 69.5 Å². The van der Waals surface area contributed by atoms with Gasteiger partial charge in [-0.05, 0) is 114 Å². The van der Waals surface area contributed by atoms with Gasteiger partial charge < -0.3 is 65.7 Å². The molecule has 3 aromatic rings. The van der Waals surface area contributed by atoms with E-state index in [1.807, 2.05) is 62.2 Å². The number of carbonyl (C=O) groups excluding carboxylic acids is 6. The summed E-state index contributed by atoms with van der Waals surface area (Å²) in [5.74, 6) is -0.942. The van der Waals surface area contributed by atoms with Gasteiger partial charge in [0.2, 0.25) is 5.91 Å². The SMILES string of the molecule is CC[C@]1(O)C[C@H]2CN(CCc3c([nH]c4ccccc34)[C@@](C(=O)OC)(c3cc4c(cc3OC)N(C)[C@H]3[C@@](O)(C(=O)CCCOC(=O)OCCSSCCCC(=O)[C@H](C)NC(=O)[C@H](CCCN=C(N)N)CC(C)=O)[C@H](O)[C@]5(CC)C=CCN6CC[C@]43[C@@H]65)C2)C1. The second-order valence-electron chi connectivity index (χ2n) is 25.1. The van der Waals surface area contributed by atoms with Gasteiger partial charge in [-0.2, -0.15) is 0 Å². The van der Waals surface area contributed by atoms with Gasteiger partial charge in [-0.3, -0.25) is 34.0 Å². The molecule has 0 radical (unpaired) electrons. The van der Waals surface area contributed by atoms with Crippen LogP contribution in [0.3, 0.4) is 0 Å². The Balaban J connectivity index is 0.880. The Bertz CT molecular complexity index is 3120. The van der Waals surface area contributed by atoms with Gasteiger partial charge in [0.25, 0.3) is 0 Å². The third-order valence-corrected chi connectivity index (χ3v) is 22.4. The average Bonchev–Trinajstić information content (AvgIpc) is 1.48. The molecular weight excluding hydrogens is 1150 g/mol. The molecule has 87 heavy (non-hydrogen) atoms. The minimum atomic E-state index is -2.33. The van der Waals surface area contributed by atoms with Gasteiger partial charge in [-0.25, -0.2) is 4.79 Å². The zero-order valence-corrected chi connectivity index (χ0v) is 53.2. The van der Waals surface area contributed by atoms with Crippen molar-refractivity contribution in [2.75, 3.05) is 90.2 Å². The quantitative estimate of drug-likeness (QED) is 0.0121. The average molecular weight is 1240 g/mol. The number of likely N-dealkylation sites (N-methyl/N-ethyl adjacent to an activating group) is 1. The number of aliphatic imine (C=N–C) groups is 1. The molecule has 1 amide bonds. The second kappa shape index (κ2) is 27.2. The number of hydrogen-bond acceptors (Lipinski definition) is 19. The molecule has 6 heterocycles. The van der Waals surface area contributed by atoms with Crippen LogP contribution in [-0.4, -0.2) is 192 Å². The van der Waals surface area contributed by atoms with Crippen molar-refractivity contribution in [3.05, 3.63) is 70.9 Å². The lowest BCUT2D eigenvalue weighted by Crippen LogP contribution is -2.80. The Morgan fingerprint density at radius 1 is 0.931 bits per heavy atom. The number of amides is 1. The van der Waals surface area contributed by atoms with E-state index in [0.29, 0.717) is 126 Å². The molecule has 3 fully saturated rings. The number of carbonyl (C=O) groups is 6. The molecule has 12 atom stereocenters. The van der Waals surface area contributed by atoms with Gasteiger partial charge >= 0.3 is 12.1 Å². The molecule has 6 aliphatic rings. The van der Waals surface area contributed by atoms with E-state index in [1.165, 1.54) is 35.6 Å². The number of guanidine groups is 1. The number of aromatic amines is 1. The monoisotopic (exact) mass is 1240 g/mol. The first kappa shape index (κ1) is 65.7. The molecule has 1 saturated carbocycles. The number of ether oxygens (including phenoxy) is 4. The van der Waals surface area contributed by atoms with Crippen molar-refractivity contribution in [2.24, 2.45) is 33.7 Å². The first-order valence-corrected chi connectivity index (χ1v) is 33.4. The van der Waals surface area contributed by atoms with Gasteiger partial charge in [0.1, 0.15) is 29.7 Å². The fourth-order valence-electron chi connectivity index (χ4n) is 16.1. The van der Waals surface area contributed by atoms with E-state index in [2.05, 4.69) is 37.2 Å². The number of nitrogens with two attached hydrogens (primary N) is 2. The smallest absolute Gasteiger partial charge is 0.496 e. The van der Waals surface area contributed by atoms with Crippen LogP contribution in [-0.2, 0) is 55.4 Å². The van der Waals surface area contributed by atoms with Crippen LogP contribution in [0.25, 0.3) is 10.9 Å². The summed E-state index contributed by atoms with van der Waals surface area (Å²) in [6, 6.07) is 10.1. The van der Waals surface area contributed by atoms with Crippen molar-refractivity contribution < 1.29 is 63.0 Å². The number of nitrogens with one attached hydrogen (secondary N) is 2. The van der Waals surface area contributed by atoms with Crippen LogP contribution in [0.5, 0.6) is 5.75 Å². The van der Waals surface area contributed by atoms with Crippen LogP contribution >= 0.6 is 21.6 Å². The van der Waals surface area contributed by atoms with Gasteiger partial charge in [-0.1, -0.05) is 65.8 Å². The van der Waals surface area contributed by atoms with Crippen LogP contribution in [0.4, 0.5) is 10.5 Å². The standard InChI is InChI=1S/C64H90N8O13S2/c1-8-60(80)35-41-36-63(57(78)83-7,52-44(21-26-71(37-41)38-60)43-17-10-11-18-47(43)69-52)46-33-45-48(34-50(46)82-6)70(5)55-62(45)23-27-72-25-15-22-61(9-2,54(62)72)56(77)64(55,81)51(75)20-13-28-84-59(79)85-29-31-87-86-30-14-19-49(74)40(4)68-53(76)42(32-39(3)73)16-12-24-67-58(65)66/h10-11,15,17-18,22,33-34,40-42,54-56,69,77,80-81H,8-9,12-14,16,19-21,23-32,35-38H2,1-7H3,(H,68,76)(H4,65,66,67)/t40-,41+,42+,54-,55+,56+,60-,61+,62+,63-,64-/m0/s1. The zero-order valence-electron chi connectivity index (χ0n) is 51.5. The molecule has 1 unspecified atom stereocenters. The van der Waals surface area contributed by atoms with Crippen LogP contribution < -0.4 is 26.4 Å². The lowest BCUT2D eigenvalue weighted by atomic mass is 9.47. The number of aliphatic hydroxyl groups is 3. The van der Waals surface area contributed by atoms with Gasteiger partial charge in [0.15, 0.2) is 23.1 Å². The van der Waals surface area contributed by atoms with Crippen LogP contribution in [0.2, 0.25) is 0 Å². The Hall–Kier alpha value is -5.69. The number of methoxy groups -OCH3 is 2. The number of Topliss-reactive ketones (excluding diaryl/α,β-unsaturated/α-hetero) is 3. The Labute approximate surface area is 518 Å². The minimum absolute atomic E-state index is 0.0469. The Morgan fingerprint density at radius 3 is 2.41 bits per heavy atom. The van der Waals surface area contributed by atoms with Crippen LogP contribution in [0.15, 0.2) is 53.5 Å². The molecule has 1 aromatic heterocycles. The Morgan fingerprint density at radius 2 is 1.69 bits per heavy atom. The lowest BCUT2D eigenvalue weighted by molar-refractivity contribution is -0.202. The molecular formula is C64H90N8O13S2. The van der Waals surface area contributed by atoms with Crippen molar-refractivity contribution in [3.63, 3.8) is 0 Å². The van der Waals surface area contributed by atoms with E-state index >= 15 is 9.59 Å². The number of ketones is 3. The largest absolute Gasteiger partial charge is 0.508 e. The number of para-hydroxylation sites is 1. The van der Waals surface area contributed by atoms with E-state index in [4.69, 9.17) is 30.4 Å². The number of aromatic nitrogens is 1. The number of rotatable bonds is 27. The minimum Gasteiger partial charge on any atom is -0.496 e. The molecule has 1 aliphatic carbocycles. The van der Waals surface area contributed by atoms with Gasteiger partial charge in [-0.15, -0.1) is 0 Å². The maximum absolute atomic E-state index is 15.5. The summed E-state index contributed by atoms with van der Waals surface area (Å²) in [6.07, 6.45) is 6.07. The molecule has 2 aromatic carbocycles. The first-order valence-electron chi connectivity index (χ1n) is 30.9. The number of benzene rings is 2. The van der Waals surface area contributed by atoms with Gasteiger partial charge in [0, 0.05) is 127 Å². The van der Waals surface area contributed by atoms with Crippen molar-refractivity contribution in [3.8, 4) is 5.75 Å². The summed E-state index contributed by atoms with van der Waals surface area (Å²) in [7, 11) is 7.85. The number of piperidine rings is 1. The van der Waals surface area contributed by atoms with Crippen molar-refractivity contribution >= 4 is 79.5 Å². The highest BCUT2D eigenvalue weighted by atomic mass is 33.1. The third-order valence-electron chi connectivity index (χ3n) is 19.9. The highest BCUT2D eigenvalue weighted by molar-refractivity contribution is 8.76. The fourth-order valence-corrected chi connectivity index (χ4v) is 18.1. The summed E-state index contributed by atoms with van der Waals surface area (Å²) in [6.45, 7) is 10.4. The summed E-state index contributed by atoms with van der Waals surface area (Å²) < 4.78 is 23.2. The zero-order chi connectivity index (χ0) is 62.6. The topological polar surface area (TPSA) is 302 Å². The first-order chi connectivity index (χ1) is 41.6. The number of hydrogen-bond donors (Lipinski definition) is 7. The second-order valence-corrected chi connectivity index (χ2v) is 27.8. The Kier molecular flexibility index (Phi) is 20.5. The molecule has 9 rings (SSSR count). The third kappa shape index (κ3) is 12.4. The fraction of sp³-hybridized carbons (Fsp3) is 0.641. The number of fused-ring (bicyclic) bond motifs is 6. The molecule has 2 saturated heterocycles. The van der Waals surface area contributed by atoms with Crippen LogP contribution in [0.1, 0.15) is 127 Å². The number of aliphatic hydroxyl groups excluding tert-OH is 1. The number of anilines is 1. The molecule has 476 valence electrons. The predicted octanol–water partition coefficient (Wildman–Crippen LogP) is 5.63. The number of H-pyrrole nitrogens is 1. The molecule has 9 N–H and O–H groups in total. The number of esters is 1. The van der Waals surface area contributed by atoms with E-state index in [9.17, 15) is 34.5 Å². The van der Waals surface area contributed by atoms with E-state index in [1.54, 1.807) is 14.0 Å². The summed E-state index contributed by atoms with van der Waals surface area (Å²) in [5, 5.41) is 42.5. The highest BCUT2D eigenvalue weighted by Gasteiger charge is 2.78. The molecule has 2 bridgehead atoms. The highest BCUT2D eigenvalue weighted by Crippen LogP contribution is 2.68. The summed E-state index contributed by atoms with van der Waals surface area (Å²) in [4.78, 5) is 95.6. The van der Waals surface area contributed by atoms with E-state index in [0.717, 1.165) is 27.7 Å². The molecule has 21 nitrogen and oxygen atoms in total. The molecule has 23 heteroatoms. The number of nitrogens with zero attached hydrogens (tertiary/aromatic N) is 4. The van der Waals surface area contributed by atoms with E-state index in [-0.39, 0.29) is 74.3 Å². The van der Waals surface area contributed by atoms with Gasteiger partial charge in [0.05, 0.1) is 38.5 Å². The summed E-state index contributed by atoms with van der Waals surface area (Å²) >= 11 is 0. The van der Waals surface area contributed by atoms with Crippen molar-refractivity contribution in [1.29, 1.82) is 0 Å². The normalized spacial score (nSPS) is 29.4. The molecule has 5 aliphatic heterocycles. The predicted molar refractivity (Wildman–Crippen MR) is 336 cm³/mol. The maximum Gasteiger partial charge on any atom is 0.508 e. The summed E-state index contributed by atoms with van der Waals surface area (Å²) in [5.41, 5.74) is 8.68.